The molecule has 3 rings (SSSR count). The molecule has 5 heteroatoms. The van der Waals surface area contributed by atoms with Gasteiger partial charge in [0.2, 0.25) is 0 Å². The number of aliphatic hydroxyl groups excluding tert-OH is 1. The summed E-state index contributed by atoms with van der Waals surface area (Å²) in [6, 6.07) is 14.4. The number of β-amino-alcohol motifs (C(OH)–C–C–N with tert-alkyl or cyclic N) is 1. The molecule has 0 bridgehead atoms. The van der Waals surface area contributed by atoms with Crippen LogP contribution in [0.2, 0.25) is 0 Å². The topological polar surface area (TPSA) is 45.2 Å². The maximum Gasteiger partial charge on any atom is 0.142 e. The van der Waals surface area contributed by atoms with Gasteiger partial charge in [0.1, 0.15) is 24.2 Å². The normalized spacial score (nSPS) is 16.1. The average molecular weight is 399 g/mol. The SMILES string of the molecule is COc1ccccc1N1CCN(C[C@H](O)COc2cc(C)ccc2C(C)C)CC1. The van der Waals surface area contributed by atoms with Crippen LogP contribution in [0.4, 0.5) is 5.69 Å². The predicted octanol–water partition coefficient (Wildman–Crippen LogP) is 3.69. The van der Waals surface area contributed by atoms with Crippen LogP contribution in [0.3, 0.4) is 0 Å². The first kappa shape index (κ1) is 21.5. The molecule has 1 N–H and O–H groups in total. The van der Waals surface area contributed by atoms with E-state index in [0.29, 0.717) is 19.1 Å². The van der Waals surface area contributed by atoms with E-state index in [9.17, 15) is 5.11 Å². The summed E-state index contributed by atoms with van der Waals surface area (Å²) < 4.78 is 11.5. The number of rotatable bonds is 8. The second-order valence-electron chi connectivity index (χ2n) is 8.12. The van der Waals surface area contributed by atoms with Crippen LogP contribution < -0.4 is 14.4 Å². The predicted molar refractivity (Wildman–Crippen MR) is 118 cm³/mol. The van der Waals surface area contributed by atoms with E-state index in [4.69, 9.17) is 9.47 Å². The Morgan fingerprint density at radius 2 is 1.72 bits per heavy atom. The molecule has 0 aromatic heterocycles. The van der Waals surface area contributed by atoms with Crippen molar-refractivity contribution >= 4 is 5.69 Å². The van der Waals surface area contributed by atoms with Crippen LogP contribution >= 0.6 is 0 Å². The first-order valence-corrected chi connectivity index (χ1v) is 10.5. The Balaban J connectivity index is 1.49. The van der Waals surface area contributed by atoms with Gasteiger partial charge >= 0.3 is 0 Å². The van der Waals surface area contributed by atoms with Crippen molar-refractivity contribution in [2.45, 2.75) is 32.8 Å². The molecule has 158 valence electrons. The molecule has 0 radical (unpaired) electrons. The van der Waals surface area contributed by atoms with E-state index in [1.165, 1.54) is 11.1 Å². The van der Waals surface area contributed by atoms with Gasteiger partial charge < -0.3 is 19.5 Å². The molecule has 1 atom stereocenters. The highest BCUT2D eigenvalue weighted by molar-refractivity contribution is 5.58. The highest BCUT2D eigenvalue weighted by atomic mass is 16.5. The maximum absolute atomic E-state index is 10.5. The van der Waals surface area contributed by atoms with Crippen LogP contribution in [0.1, 0.15) is 30.9 Å². The molecule has 1 heterocycles. The molecule has 5 nitrogen and oxygen atoms in total. The van der Waals surface area contributed by atoms with E-state index in [1.54, 1.807) is 7.11 Å². The molecule has 29 heavy (non-hydrogen) atoms. The fourth-order valence-electron chi connectivity index (χ4n) is 3.84. The lowest BCUT2D eigenvalue weighted by Crippen LogP contribution is -2.49. The van der Waals surface area contributed by atoms with Gasteiger partial charge in [0.25, 0.3) is 0 Å². The first-order valence-electron chi connectivity index (χ1n) is 10.5. The highest BCUT2D eigenvalue weighted by Gasteiger charge is 2.21. The number of piperazine rings is 1. The molecule has 1 saturated heterocycles. The second-order valence-corrected chi connectivity index (χ2v) is 8.12. The van der Waals surface area contributed by atoms with Gasteiger partial charge in [-0.25, -0.2) is 0 Å². The van der Waals surface area contributed by atoms with Crippen LogP contribution in [0.25, 0.3) is 0 Å². The van der Waals surface area contributed by atoms with Gasteiger partial charge in [0.15, 0.2) is 0 Å². The van der Waals surface area contributed by atoms with E-state index in [1.807, 2.05) is 18.2 Å². The van der Waals surface area contributed by atoms with Crippen molar-refractivity contribution in [3.8, 4) is 11.5 Å². The van der Waals surface area contributed by atoms with Gasteiger partial charge in [-0.3, -0.25) is 4.90 Å². The monoisotopic (exact) mass is 398 g/mol. The Hall–Kier alpha value is -2.24. The fourth-order valence-corrected chi connectivity index (χ4v) is 3.84. The molecule has 1 fully saturated rings. The van der Waals surface area contributed by atoms with Gasteiger partial charge in [-0.15, -0.1) is 0 Å². The second kappa shape index (κ2) is 9.99. The smallest absolute Gasteiger partial charge is 0.142 e. The van der Waals surface area contributed by atoms with E-state index in [2.05, 4.69) is 54.8 Å². The average Bonchev–Trinajstić information content (AvgIpc) is 2.72. The summed E-state index contributed by atoms with van der Waals surface area (Å²) in [6.07, 6.45) is -0.506. The number of hydrogen-bond acceptors (Lipinski definition) is 5. The number of para-hydroxylation sites is 2. The lowest BCUT2D eigenvalue weighted by atomic mass is 10.0. The van der Waals surface area contributed by atoms with Gasteiger partial charge in [0.05, 0.1) is 12.8 Å². The number of ether oxygens (including phenoxy) is 2. The van der Waals surface area contributed by atoms with Crippen LogP contribution in [0.15, 0.2) is 42.5 Å². The molecule has 2 aromatic carbocycles. The zero-order valence-corrected chi connectivity index (χ0v) is 18.1. The van der Waals surface area contributed by atoms with Crippen LogP contribution in [0, 0.1) is 6.92 Å². The molecule has 0 amide bonds. The maximum atomic E-state index is 10.5. The van der Waals surface area contributed by atoms with Gasteiger partial charge in [-0.2, -0.15) is 0 Å². The third kappa shape index (κ3) is 5.64. The molecule has 0 saturated carbocycles. The highest BCUT2D eigenvalue weighted by Crippen LogP contribution is 2.29. The van der Waals surface area contributed by atoms with Gasteiger partial charge in [0, 0.05) is 32.7 Å². The Kier molecular flexibility index (Phi) is 7.40. The van der Waals surface area contributed by atoms with Crippen molar-refractivity contribution in [3.05, 3.63) is 53.6 Å². The van der Waals surface area contributed by atoms with Crippen molar-refractivity contribution in [2.75, 3.05) is 51.3 Å². The van der Waals surface area contributed by atoms with E-state index in [-0.39, 0.29) is 0 Å². The molecule has 0 aliphatic carbocycles. The van der Waals surface area contributed by atoms with Gasteiger partial charge in [-0.1, -0.05) is 38.1 Å². The zero-order valence-electron chi connectivity index (χ0n) is 18.1. The summed E-state index contributed by atoms with van der Waals surface area (Å²) in [5.74, 6) is 2.19. The molecular weight excluding hydrogens is 364 g/mol. The lowest BCUT2D eigenvalue weighted by molar-refractivity contribution is 0.0658. The molecule has 1 aliphatic heterocycles. The summed E-state index contributed by atoms with van der Waals surface area (Å²) in [5, 5.41) is 10.5. The Morgan fingerprint density at radius 3 is 2.41 bits per heavy atom. The zero-order chi connectivity index (χ0) is 20.8. The Bertz CT molecular complexity index is 785. The quantitative estimate of drug-likeness (QED) is 0.735. The Morgan fingerprint density at radius 1 is 1.00 bits per heavy atom. The van der Waals surface area contributed by atoms with E-state index < -0.39 is 6.10 Å². The van der Waals surface area contributed by atoms with Crippen LogP contribution in [0.5, 0.6) is 11.5 Å². The Labute approximate surface area is 174 Å². The van der Waals surface area contributed by atoms with Crippen LogP contribution in [-0.4, -0.2) is 62.6 Å². The number of anilines is 1. The minimum atomic E-state index is -0.506. The standard InChI is InChI=1S/C24H34N2O3/c1-18(2)21-10-9-19(3)15-24(21)29-17-20(27)16-25-11-13-26(14-12-25)22-7-5-6-8-23(22)28-4/h5-10,15,18,20,27H,11-14,16-17H2,1-4H3/t20-/m0/s1. The summed E-state index contributed by atoms with van der Waals surface area (Å²) in [4.78, 5) is 4.65. The van der Waals surface area contributed by atoms with E-state index in [0.717, 1.165) is 43.4 Å². The number of hydrogen-bond donors (Lipinski definition) is 1. The minimum absolute atomic E-state index is 0.315. The summed E-state index contributed by atoms with van der Waals surface area (Å²) >= 11 is 0. The number of aryl methyl sites for hydroxylation is 1. The summed E-state index contributed by atoms with van der Waals surface area (Å²) in [7, 11) is 1.71. The molecule has 1 aliphatic rings. The van der Waals surface area contributed by atoms with Crippen molar-refractivity contribution < 1.29 is 14.6 Å². The fraction of sp³-hybridized carbons (Fsp3) is 0.500. The first-order chi connectivity index (χ1) is 14.0. The molecule has 0 unspecified atom stereocenters. The minimum Gasteiger partial charge on any atom is -0.495 e. The largest absolute Gasteiger partial charge is 0.495 e. The van der Waals surface area contributed by atoms with Crippen molar-refractivity contribution in [3.63, 3.8) is 0 Å². The molecular formula is C24H34N2O3. The van der Waals surface area contributed by atoms with E-state index >= 15 is 0 Å². The number of methoxy groups -OCH3 is 1. The summed E-state index contributed by atoms with van der Waals surface area (Å²) in [6.45, 7) is 11.0. The molecule has 2 aromatic rings. The van der Waals surface area contributed by atoms with Crippen molar-refractivity contribution in [1.29, 1.82) is 0 Å². The molecule has 0 spiro atoms. The third-order valence-electron chi connectivity index (χ3n) is 5.49. The lowest BCUT2D eigenvalue weighted by Gasteiger charge is -2.37. The number of benzene rings is 2. The number of aliphatic hydroxyl groups is 1. The number of nitrogens with zero attached hydrogens (tertiary/aromatic N) is 2. The third-order valence-corrected chi connectivity index (χ3v) is 5.49. The van der Waals surface area contributed by atoms with Crippen LogP contribution in [-0.2, 0) is 0 Å². The van der Waals surface area contributed by atoms with Gasteiger partial charge in [-0.05, 0) is 42.2 Å². The van der Waals surface area contributed by atoms with Crippen molar-refractivity contribution in [1.82, 2.24) is 4.90 Å². The van der Waals surface area contributed by atoms with Crippen molar-refractivity contribution in [2.24, 2.45) is 0 Å². The summed E-state index contributed by atoms with van der Waals surface area (Å²) in [5.41, 5.74) is 3.50.